The molecule has 27 heavy (non-hydrogen) atoms. The van der Waals surface area contributed by atoms with Gasteiger partial charge in [0.15, 0.2) is 0 Å². The van der Waals surface area contributed by atoms with Crippen molar-refractivity contribution in [1.82, 2.24) is 10.6 Å². The fourth-order valence-electron chi connectivity index (χ4n) is 3.13. The molecule has 1 aliphatic rings. The van der Waals surface area contributed by atoms with Gasteiger partial charge >= 0.3 is 6.03 Å². The summed E-state index contributed by atoms with van der Waals surface area (Å²) in [6, 6.07) is 12.0. The fraction of sp³-hybridized carbons (Fsp3) is 0.300. The van der Waals surface area contributed by atoms with Crippen LogP contribution in [0.15, 0.2) is 42.5 Å². The van der Waals surface area contributed by atoms with Crippen molar-refractivity contribution in [1.29, 1.82) is 0 Å². The smallest absolute Gasteiger partial charge is 0.315 e. The molecule has 6 nitrogen and oxygen atoms in total. The molecule has 0 radical (unpaired) electrons. The second-order valence-corrected chi connectivity index (χ2v) is 6.73. The topological polar surface area (TPSA) is 70.7 Å². The van der Waals surface area contributed by atoms with Gasteiger partial charge in [0, 0.05) is 36.3 Å². The Morgan fingerprint density at radius 1 is 1.30 bits per heavy atom. The first-order valence-corrected chi connectivity index (χ1v) is 9.18. The third-order valence-corrected chi connectivity index (χ3v) is 4.71. The normalized spacial score (nSPS) is 15.9. The van der Waals surface area contributed by atoms with Gasteiger partial charge in [0.05, 0.1) is 6.61 Å². The molecule has 7 heteroatoms. The minimum Gasteiger partial charge on any atom is -0.493 e. The molecule has 2 aromatic carbocycles. The number of amides is 3. The zero-order valence-corrected chi connectivity index (χ0v) is 16.0. The molecular formula is C20H22ClN3O3. The lowest BCUT2D eigenvalue weighted by molar-refractivity contribution is -0.120. The maximum Gasteiger partial charge on any atom is 0.315 e. The number of hydrogen-bond acceptors (Lipinski definition) is 3. The number of benzene rings is 2. The van der Waals surface area contributed by atoms with Crippen LogP contribution in [0.1, 0.15) is 18.1 Å². The maximum atomic E-state index is 12.5. The molecule has 1 aliphatic heterocycles. The average Bonchev–Trinajstić information content (AvgIpc) is 2.65. The Morgan fingerprint density at radius 3 is 2.85 bits per heavy atom. The Balaban J connectivity index is 1.63. The minimum absolute atomic E-state index is 0.134. The molecule has 2 aromatic rings. The number of carbonyl (C=O) groups is 2. The standard InChI is InChI=1S/C20H22ClN3O3/c1-3-27-18-11-15(21)9-8-14(18)12-22-20(26)23-16-10-13-6-4-5-7-17(13)24(2)19(16)25/h4-9,11,16H,3,10,12H2,1-2H3,(H2,22,23,26). The lowest BCUT2D eigenvalue weighted by Gasteiger charge is -2.31. The van der Waals surface area contributed by atoms with Crippen molar-refractivity contribution in [2.75, 3.05) is 18.6 Å². The SMILES string of the molecule is CCOc1cc(Cl)ccc1CNC(=O)NC1Cc2ccccc2N(C)C1=O. The molecule has 1 heterocycles. The first-order chi connectivity index (χ1) is 13.0. The lowest BCUT2D eigenvalue weighted by Crippen LogP contribution is -2.53. The van der Waals surface area contributed by atoms with Crippen LogP contribution in [0.4, 0.5) is 10.5 Å². The zero-order valence-electron chi connectivity index (χ0n) is 15.3. The summed E-state index contributed by atoms with van der Waals surface area (Å²) >= 11 is 5.99. The van der Waals surface area contributed by atoms with Crippen LogP contribution < -0.4 is 20.3 Å². The monoisotopic (exact) mass is 387 g/mol. The van der Waals surface area contributed by atoms with E-state index in [0.717, 1.165) is 16.8 Å². The van der Waals surface area contributed by atoms with Crippen LogP contribution in [0.25, 0.3) is 0 Å². The summed E-state index contributed by atoms with van der Waals surface area (Å²) in [6.07, 6.45) is 0.470. The molecule has 0 bridgehead atoms. The second-order valence-electron chi connectivity index (χ2n) is 6.29. The number of urea groups is 1. The van der Waals surface area contributed by atoms with Crippen LogP contribution >= 0.6 is 11.6 Å². The van der Waals surface area contributed by atoms with Gasteiger partial charge in [-0.25, -0.2) is 4.79 Å². The molecule has 0 fully saturated rings. The molecule has 0 spiro atoms. The molecule has 1 atom stereocenters. The first kappa shape index (κ1) is 19.0. The number of rotatable bonds is 5. The van der Waals surface area contributed by atoms with E-state index in [9.17, 15) is 9.59 Å². The van der Waals surface area contributed by atoms with Crippen LogP contribution in [-0.4, -0.2) is 31.6 Å². The molecule has 0 saturated heterocycles. The number of fused-ring (bicyclic) bond motifs is 1. The largest absolute Gasteiger partial charge is 0.493 e. The highest BCUT2D eigenvalue weighted by Gasteiger charge is 2.31. The van der Waals surface area contributed by atoms with Gasteiger partial charge in [0.2, 0.25) is 5.91 Å². The van der Waals surface area contributed by atoms with E-state index >= 15 is 0 Å². The Morgan fingerprint density at radius 2 is 2.07 bits per heavy atom. The third-order valence-electron chi connectivity index (χ3n) is 4.48. The van der Waals surface area contributed by atoms with Crippen LogP contribution in [0.5, 0.6) is 5.75 Å². The Labute approximate surface area is 163 Å². The van der Waals surface area contributed by atoms with E-state index in [2.05, 4.69) is 10.6 Å². The fourth-order valence-corrected chi connectivity index (χ4v) is 3.29. The minimum atomic E-state index is -0.596. The lowest BCUT2D eigenvalue weighted by atomic mass is 9.98. The number of nitrogens with zero attached hydrogens (tertiary/aromatic N) is 1. The summed E-state index contributed by atoms with van der Waals surface area (Å²) in [4.78, 5) is 26.4. The number of para-hydroxylation sites is 1. The van der Waals surface area contributed by atoms with Gasteiger partial charge in [-0.2, -0.15) is 0 Å². The van der Waals surface area contributed by atoms with Gasteiger partial charge in [-0.1, -0.05) is 35.9 Å². The molecule has 2 N–H and O–H groups in total. The van der Waals surface area contributed by atoms with Crippen molar-refractivity contribution >= 4 is 29.2 Å². The Hall–Kier alpha value is -2.73. The van der Waals surface area contributed by atoms with E-state index in [0.29, 0.717) is 23.8 Å². The van der Waals surface area contributed by atoms with Crippen molar-refractivity contribution in [3.63, 3.8) is 0 Å². The summed E-state index contributed by atoms with van der Waals surface area (Å²) in [5.74, 6) is 0.498. The van der Waals surface area contributed by atoms with E-state index < -0.39 is 12.1 Å². The number of halogens is 1. The predicted octanol–water partition coefficient (Wildman–Crippen LogP) is 3.13. The second kappa shape index (κ2) is 8.31. The van der Waals surface area contributed by atoms with Gasteiger partial charge in [0.25, 0.3) is 0 Å². The van der Waals surface area contributed by atoms with Crippen LogP contribution in [0, 0.1) is 0 Å². The summed E-state index contributed by atoms with van der Waals surface area (Å²) < 4.78 is 5.55. The number of nitrogens with one attached hydrogen (secondary N) is 2. The van der Waals surface area contributed by atoms with E-state index in [1.807, 2.05) is 37.3 Å². The molecule has 1 unspecified atom stereocenters. The van der Waals surface area contributed by atoms with Gasteiger partial charge in [-0.3, -0.25) is 4.79 Å². The molecular weight excluding hydrogens is 366 g/mol. The number of carbonyl (C=O) groups excluding carboxylic acids is 2. The van der Waals surface area contributed by atoms with Crippen LogP contribution in [0.2, 0.25) is 5.02 Å². The first-order valence-electron chi connectivity index (χ1n) is 8.80. The molecule has 0 aliphatic carbocycles. The average molecular weight is 388 g/mol. The quantitative estimate of drug-likeness (QED) is 0.828. The van der Waals surface area contributed by atoms with Crippen molar-refractivity contribution in [2.45, 2.75) is 25.9 Å². The van der Waals surface area contributed by atoms with Gasteiger partial charge in [0.1, 0.15) is 11.8 Å². The van der Waals surface area contributed by atoms with Gasteiger partial charge in [-0.05, 0) is 30.7 Å². The van der Waals surface area contributed by atoms with E-state index in [-0.39, 0.29) is 12.5 Å². The van der Waals surface area contributed by atoms with Gasteiger partial charge < -0.3 is 20.3 Å². The number of likely N-dealkylation sites (N-methyl/N-ethyl adjacent to an activating group) is 1. The van der Waals surface area contributed by atoms with E-state index in [1.54, 1.807) is 24.1 Å². The Bertz CT molecular complexity index is 856. The number of ether oxygens (including phenoxy) is 1. The highest BCUT2D eigenvalue weighted by atomic mass is 35.5. The van der Waals surface area contributed by atoms with E-state index in [4.69, 9.17) is 16.3 Å². The molecule has 142 valence electrons. The number of anilines is 1. The summed E-state index contributed by atoms with van der Waals surface area (Å²) in [5, 5.41) is 6.12. The summed E-state index contributed by atoms with van der Waals surface area (Å²) in [5.41, 5.74) is 2.72. The molecule has 0 saturated carbocycles. The summed E-state index contributed by atoms with van der Waals surface area (Å²) in [7, 11) is 1.72. The molecule has 3 amide bonds. The predicted molar refractivity (Wildman–Crippen MR) is 105 cm³/mol. The molecule has 3 rings (SSSR count). The summed E-state index contributed by atoms with van der Waals surface area (Å²) in [6.45, 7) is 2.65. The maximum absolute atomic E-state index is 12.5. The van der Waals surface area contributed by atoms with Crippen LogP contribution in [-0.2, 0) is 17.8 Å². The van der Waals surface area contributed by atoms with Crippen molar-refractivity contribution in [3.05, 3.63) is 58.6 Å². The highest BCUT2D eigenvalue weighted by molar-refractivity contribution is 6.30. The van der Waals surface area contributed by atoms with Crippen LogP contribution in [0.3, 0.4) is 0 Å². The van der Waals surface area contributed by atoms with Crippen molar-refractivity contribution in [2.24, 2.45) is 0 Å². The zero-order chi connectivity index (χ0) is 19.4. The third kappa shape index (κ3) is 4.34. The van der Waals surface area contributed by atoms with Crippen molar-refractivity contribution in [3.8, 4) is 5.75 Å². The number of hydrogen-bond donors (Lipinski definition) is 2. The Kier molecular flexibility index (Phi) is 5.86. The van der Waals surface area contributed by atoms with Gasteiger partial charge in [-0.15, -0.1) is 0 Å². The molecule has 0 aromatic heterocycles. The van der Waals surface area contributed by atoms with E-state index in [1.165, 1.54) is 0 Å². The van der Waals surface area contributed by atoms with Crippen molar-refractivity contribution < 1.29 is 14.3 Å². The highest BCUT2D eigenvalue weighted by Crippen LogP contribution is 2.26.